The van der Waals surface area contributed by atoms with Gasteiger partial charge in [-0.05, 0) is 35.2 Å². The number of carbonyl (C=O) groups excluding carboxylic acids is 1. The molecule has 2 aromatic carbocycles. The van der Waals surface area contributed by atoms with Crippen molar-refractivity contribution < 1.29 is 9.53 Å². The number of nitrogens with zero attached hydrogens (tertiary/aromatic N) is 2. The Labute approximate surface area is 175 Å². The van der Waals surface area contributed by atoms with Crippen LogP contribution in [0.2, 0.25) is 10.0 Å². The van der Waals surface area contributed by atoms with Crippen LogP contribution in [0, 0.1) is 0 Å². The zero-order chi connectivity index (χ0) is 20.3. The molecule has 146 valence electrons. The van der Waals surface area contributed by atoms with E-state index >= 15 is 0 Å². The summed E-state index contributed by atoms with van der Waals surface area (Å²) in [6, 6.07) is 12.7. The molecule has 0 radical (unpaired) electrons. The normalized spacial score (nSPS) is 12.6. The standard InChI is InChI=1S/C22H22Cl2N2O2/c1-22(2,3)16-6-4-15(5-7-16)21(27)28-20(13-26-11-10-25-14-26)18-9-8-17(23)12-19(18)24/h4-12,14,20H,13H2,1-3H3. The SMILES string of the molecule is CC(C)(C)c1ccc(C(=O)OC(Cn2ccnc2)c2ccc(Cl)cc2Cl)cc1. The van der Waals surface area contributed by atoms with Gasteiger partial charge in [0.1, 0.15) is 6.10 Å². The summed E-state index contributed by atoms with van der Waals surface area (Å²) in [5.74, 6) is -0.406. The van der Waals surface area contributed by atoms with E-state index in [2.05, 4.69) is 25.8 Å². The van der Waals surface area contributed by atoms with Crippen LogP contribution in [-0.2, 0) is 16.7 Å². The van der Waals surface area contributed by atoms with Crippen molar-refractivity contribution in [2.45, 2.75) is 38.8 Å². The maximum atomic E-state index is 12.8. The van der Waals surface area contributed by atoms with E-state index in [1.54, 1.807) is 42.9 Å². The fourth-order valence-corrected chi connectivity index (χ4v) is 3.38. The summed E-state index contributed by atoms with van der Waals surface area (Å²) in [6.45, 7) is 6.78. The monoisotopic (exact) mass is 416 g/mol. The van der Waals surface area contributed by atoms with Crippen LogP contribution in [0.5, 0.6) is 0 Å². The fraction of sp³-hybridized carbons (Fsp3) is 0.273. The minimum absolute atomic E-state index is 0.0171. The Hall–Kier alpha value is -2.30. The summed E-state index contributed by atoms with van der Waals surface area (Å²) in [5, 5.41) is 0.979. The topological polar surface area (TPSA) is 44.1 Å². The van der Waals surface area contributed by atoms with Crippen LogP contribution in [0.25, 0.3) is 0 Å². The highest BCUT2D eigenvalue weighted by Crippen LogP contribution is 2.31. The van der Waals surface area contributed by atoms with Gasteiger partial charge >= 0.3 is 5.97 Å². The van der Waals surface area contributed by atoms with Crippen LogP contribution in [0.15, 0.2) is 61.2 Å². The van der Waals surface area contributed by atoms with Gasteiger partial charge in [-0.2, -0.15) is 0 Å². The molecular weight excluding hydrogens is 395 g/mol. The van der Waals surface area contributed by atoms with Crippen LogP contribution in [0.4, 0.5) is 0 Å². The van der Waals surface area contributed by atoms with Crippen molar-refractivity contribution in [2.24, 2.45) is 0 Å². The van der Waals surface area contributed by atoms with Crippen molar-refractivity contribution in [1.29, 1.82) is 0 Å². The first-order valence-corrected chi connectivity index (χ1v) is 9.72. The van der Waals surface area contributed by atoms with Crippen LogP contribution in [0.3, 0.4) is 0 Å². The molecule has 0 N–H and O–H groups in total. The number of esters is 1. The fourth-order valence-electron chi connectivity index (χ4n) is 2.85. The summed E-state index contributed by atoms with van der Waals surface area (Å²) in [6.07, 6.45) is 4.58. The number of rotatable bonds is 5. The quantitative estimate of drug-likeness (QED) is 0.472. The predicted molar refractivity (Wildman–Crippen MR) is 112 cm³/mol. The third-order valence-corrected chi connectivity index (χ3v) is 5.04. The smallest absolute Gasteiger partial charge is 0.338 e. The average molecular weight is 417 g/mol. The first kappa shape index (κ1) is 20.4. The first-order chi connectivity index (χ1) is 13.2. The lowest BCUT2D eigenvalue weighted by Gasteiger charge is -2.21. The Bertz CT molecular complexity index is 946. The van der Waals surface area contributed by atoms with Crippen molar-refractivity contribution in [3.8, 4) is 0 Å². The van der Waals surface area contributed by atoms with Gasteiger partial charge in [-0.1, -0.05) is 62.2 Å². The van der Waals surface area contributed by atoms with Gasteiger partial charge in [0.15, 0.2) is 0 Å². The summed E-state index contributed by atoms with van der Waals surface area (Å²) >= 11 is 12.4. The summed E-state index contributed by atoms with van der Waals surface area (Å²) in [4.78, 5) is 16.8. The summed E-state index contributed by atoms with van der Waals surface area (Å²) in [7, 11) is 0. The molecular formula is C22H22Cl2N2O2. The molecule has 3 rings (SSSR count). The van der Waals surface area contributed by atoms with E-state index in [9.17, 15) is 4.79 Å². The van der Waals surface area contributed by atoms with Gasteiger partial charge in [0.25, 0.3) is 0 Å². The zero-order valence-corrected chi connectivity index (χ0v) is 17.5. The molecule has 0 saturated carbocycles. The van der Waals surface area contributed by atoms with Crippen molar-refractivity contribution in [1.82, 2.24) is 9.55 Å². The van der Waals surface area contributed by atoms with Crippen LogP contribution < -0.4 is 0 Å². The van der Waals surface area contributed by atoms with E-state index in [-0.39, 0.29) is 5.41 Å². The Kier molecular flexibility index (Phi) is 6.11. The Morgan fingerprint density at radius 2 is 1.86 bits per heavy atom. The number of ether oxygens (including phenoxy) is 1. The highest BCUT2D eigenvalue weighted by molar-refractivity contribution is 6.35. The third-order valence-electron chi connectivity index (χ3n) is 4.48. The van der Waals surface area contributed by atoms with Crippen molar-refractivity contribution in [3.05, 3.63) is 87.9 Å². The second kappa shape index (κ2) is 8.38. The van der Waals surface area contributed by atoms with Crippen LogP contribution in [-0.4, -0.2) is 15.5 Å². The minimum Gasteiger partial charge on any atom is -0.452 e. The van der Waals surface area contributed by atoms with Crippen LogP contribution >= 0.6 is 23.2 Å². The van der Waals surface area contributed by atoms with E-state index < -0.39 is 12.1 Å². The predicted octanol–water partition coefficient (Wildman–Crippen LogP) is 6.09. The number of hydrogen-bond donors (Lipinski definition) is 0. The minimum atomic E-state index is -0.575. The van der Waals surface area contributed by atoms with Gasteiger partial charge in [0.2, 0.25) is 0 Å². The van der Waals surface area contributed by atoms with E-state index in [1.165, 1.54) is 0 Å². The number of benzene rings is 2. The van der Waals surface area contributed by atoms with Gasteiger partial charge < -0.3 is 9.30 Å². The second-order valence-electron chi connectivity index (χ2n) is 7.65. The molecule has 0 aliphatic rings. The van der Waals surface area contributed by atoms with Gasteiger partial charge in [-0.25, -0.2) is 9.78 Å². The molecule has 4 nitrogen and oxygen atoms in total. The molecule has 3 aromatic rings. The van der Waals surface area contributed by atoms with Gasteiger partial charge in [0, 0.05) is 28.0 Å². The number of imidazole rings is 1. The molecule has 28 heavy (non-hydrogen) atoms. The molecule has 1 heterocycles. The first-order valence-electron chi connectivity index (χ1n) is 8.96. The van der Waals surface area contributed by atoms with Crippen molar-refractivity contribution in [2.75, 3.05) is 0 Å². The second-order valence-corrected chi connectivity index (χ2v) is 8.49. The van der Waals surface area contributed by atoms with Crippen molar-refractivity contribution >= 4 is 29.2 Å². The molecule has 6 heteroatoms. The largest absolute Gasteiger partial charge is 0.452 e. The molecule has 0 spiro atoms. The Morgan fingerprint density at radius 1 is 1.14 bits per heavy atom. The zero-order valence-electron chi connectivity index (χ0n) is 16.0. The molecule has 0 aliphatic heterocycles. The molecule has 1 unspecified atom stereocenters. The van der Waals surface area contributed by atoms with E-state index in [4.69, 9.17) is 27.9 Å². The van der Waals surface area contributed by atoms with Crippen LogP contribution in [0.1, 0.15) is 48.4 Å². The van der Waals surface area contributed by atoms with Gasteiger partial charge in [-0.15, -0.1) is 0 Å². The lowest BCUT2D eigenvalue weighted by atomic mass is 9.87. The average Bonchev–Trinajstić information content (AvgIpc) is 3.13. The maximum absolute atomic E-state index is 12.8. The lowest BCUT2D eigenvalue weighted by molar-refractivity contribution is 0.0255. The summed E-state index contributed by atoms with van der Waals surface area (Å²) < 4.78 is 7.67. The molecule has 0 fully saturated rings. The third kappa shape index (κ3) is 4.94. The molecule has 0 saturated heterocycles. The Balaban J connectivity index is 1.85. The molecule has 0 amide bonds. The van der Waals surface area contributed by atoms with Gasteiger partial charge in [-0.3, -0.25) is 0 Å². The maximum Gasteiger partial charge on any atom is 0.338 e. The van der Waals surface area contributed by atoms with E-state index in [0.29, 0.717) is 27.7 Å². The highest BCUT2D eigenvalue weighted by atomic mass is 35.5. The van der Waals surface area contributed by atoms with E-state index in [0.717, 1.165) is 5.56 Å². The Morgan fingerprint density at radius 3 is 2.43 bits per heavy atom. The lowest BCUT2D eigenvalue weighted by Crippen LogP contribution is -2.17. The number of aromatic nitrogens is 2. The van der Waals surface area contributed by atoms with Crippen molar-refractivity contribution in [3.63, 3.8) is 0 Å². The van der Waals surface area contributed by atoms with E-state index in [1.807, 2.05) is 22.9 Å². The van der Waals surface area contributed by atoms with Gasteiger partial charge in [0.05, 0.1) is 18.4 Å². The molecule has 0 aliphatic carbocycles. The molecule has 1 atom stereocenters. The summed E-state index contributed by atoms with van der Waals surface area (Å²) in [5.41, 5.74) is 2.36. The highest BCUT2D eigenvalue weighted by Gasteiger charge is 2.22. The number of carbonyl (C=O) groups is 1. The number of halogens is 2. The molecule has 1 aromatic heterocycles. The molecule has 0 bridgehead atoms. The number of hydrogen-bond acceptors (Lipinski definition) is 3.